The normalized spacial score (nSPS) is 11.9. The number of rotatable bonds is 1. The van der Waals surface area contributed by atoms with Crippen LogP contribution in [0, 0.1) is 0 Å². The van der Waals surface area contributed by atoms with Crippen molar-refractivity contribution in [2.24, 2.45) is 0 Å². The highest BCUT2D eigenvalue weighted by Gasteiger charge is 2.18. The SMILES string of the molecule is O=S(=O)(O)c1cc(Cl)c(O)c2ccccc12. The molecule has 0 aliphatic heterocycles. The van der Waals surface area contributed by atoms with Gasteiger partial charge in [-0.05, 0) is 6.07 Å². The van der Waals surface area contributed by atoms with Crippen molar-refractivity contribution in [3.63, 3.8) is 0 Å². The van der Waals surface area contributed by atoms with Gasteiger partial charge in [0.15, 0.2) is 0 Å². The van der Waals surface area contributed by atoms with Crippen LogP contribution in [0.25, 0.3) is 10.8 Å². The molecule has 84 valence electrons. The quantitative estimate of drug-likeness (QED) is 0.771. The van der Waals surface area contributed by atoms with Crippen molar-refractivity contribution in [3.05, 3.63) is 35.4 Å². The lowest BCUT2D eigenvalue weighted by molar-refractivity contribution is 0.479. The van der Waals surface area contributed by atoms with Crippen LogP contribution in [0.4, 0.5) is 0 Å². The van der Waals surface area contributed by atoms with E-state index in [1.165, 1.54) is 12.1 Å². The minimum Gasteiger partial charge on any atom is -0.506 e. The van der Waals surface area contributed by atoms with E-state index in [2.05, 4.69) is 0 Å². The number of phenols is 1. The third-order valence-corrected chi connectivity index (χ3v) is 3.39. The zero-order valence-electron chi connectivity index (χ0n) is 7.88. The van der Waals surface area contributed by atoms with Crippen LogP contribution in [0.1, 0.15) is 0 Å². The molecule has 0 aliphatic carbocycles. The number of phenolic OH excluding ortho intramolecular Hbond substituents is 1. The summed E-state index contributed by atoms with van der Waals surface area (Å²) in [5.41, 5.74) is 0. The fraction of sp³-hybridized carbons (Fsp3) is 0. The Kier molecular flexibility index (Phi) is 2.53. The average molecular weight is 259 g/mol. The standard InChI is InChI=1S/C10H7ClO4S/c11-8-5-9(16(13,14)15)6-3-1-2-4-7(6)10(8)12/h1-5,12H,(H,13,14,15). The van der Waals surface area contributed by atoms with Gasteiger partial charge < -0.3 is 5.11 Å². The maximum atomic E-state index is 11.1. The van der Waals surface area contributed by atoms with Gasteiger partial charge >= 0.3 is 0 Å². The van der Waals surface area contributed by atoms with Gasteiger partial charge in [0, 0.05) is 10.8 Å². The fourth-order valence-corrected chi connectivity index (χ4v) is 2.51. The molecule has 0 heterocycles. The molecule has 0 saturated heterocycles. The highest BCUT2D eigenvalue weighted by Crippen LogP contribution is 2.36. The molecule has 0 unspecified atom stereocenters. The average Bonchev–Trinajstić information content (AvgIpc) is 2.22. The smallest absolute Gasteiger partial charge is 0.295 e. The van der Waals surface area contributed by atoms with Crippen LogP contribution in [0.2, 0.25) is 5.02 Å². The van der Waals surface area contributed by atoms with Gasteiger partial charge in [-0.3, -0.25) is 4.55 Å². The molecule has 2 rings (SSSR count). The Hall–Kier alpha value is -1.30. The summed E-state index contributed by atoms with van der Waals surface area (Å²) < 4.78 is 31.3. The predicted octanol–water partition coefficient (Wildman–Crippen LogP) is 2.45. The van der Waals surface area contributed by atoms with Crippen LogP contribution >= 0.6 is 11.6 Å². The van der Waals surface area contributed by atoms with Crippen molar-refractivity contribution in [1.29, 1.82) is 0 Å². The molecule has 0 aliphatic rings. The van der Waals surface area contributed by atoms with Crippen LogP contribution in [-0.2, 0) is 10.1 Å². The minimum atomic E-state index is -4.36. The summed E-state index contributed by atoms with van der Waals surface area (Å²) in [4.78, 5) is -0.314. The molecule has 4 nitrogen and oxygen atoms in total. The van der Waals surface area contributed by atoms with Gasteiger partial charge in [0.1, 0.15) is 10.6 Å². The summed E-state index contributed by atoms with van der Waals surface area (Å²) in [6, 6.07) is 7.25. The Bertz CT molecular complexity index is 664. The van der Waals surface area contributed by atoms with E-state index in [4.69, 9.17) is 16.2 Å². The fourth-order valence-electron chi connectivity index (χ4n) is 1.51. The van der Waals surface area contributed by atoms with Crippen LogP contribution < -0.4 is 0 Å². The van der Waals surface area contributed by atoms with Crippen molar-refractivity contribution in [2.45, 2.75) is 4.90 Å². The number of aromatic hydroxyl groups is 1. The van der Waals surface area contributed by atoms with Crippen LogP contribution in [0.5, 0.6) is 5.75 Å². The topological polar surface area (TPSA) is 74.6 Å². The van der Waals surface area contributed by atoms with Gasteiger partial charge in [-0.15, -0.1) is 0 Å². The van der Waals surface area contributed by atoms with Gasteiger partial charge in [0.05, 0.1) is 5.02 Å². The first-order chi connectivity index (χ1) is 7.41. The number of fused-ring (bicyclic) bond motifs is 1. The third kappa shape index (κ3) is 1.73. The zero-order valence-corrected chi connectivity index (χ0v) is 9.46. The van der Waals surface area contributed by atoms with Crippen molar-refractivity contribution in [3.8, 4) is 5.75 Å². The van der Waals surface area contributed by atoms with Gasteiger partial charge in [0.25, 0.3) is 10.1 Å². The molecule has 0 bridgehead atoms. The maximum Gasteiger partial charge on any atom is 0.295 e. The Morgan fingerprint density at radius 2 is 1.69 bits per heavy atom. The highest BCUT2D eigenvalue weighted by molar-refractivity contribution is 7.86. The Balaban J connectivity index is 3.02. The lowest BCUT2D eigenvalue weighted by atomic mass is 10.1. The van der Waals surface area contributed by atoms with E-state index in [-0.39, 0.29) is 26.4 Å². The van der Waals surface area contributed by atoms with Gasteiger partial charge in [-0.2, -0.15) is 8.42 Å². The molecule has 2 aromatic carbocycles. The Labute approximate surface area is 96.8 Å². The summed E-state index contributed by atoms with van der Waals surface area (Å²) in [5.74, 6) is -0.204. The first kappa shape index (κ1) is 11.2. The summed E-state index contributed by atoms with van der Waals surface area (Å²) in [6.07, 6.45) is 0. The second-order valence-electron chi connectivity index (χ2n) is 3.23. The molecule has 0 fully saturated rings. The molecule has 0 aromatic heterocycles. The Morgan fingerprint density at radius 1 is 1.12 bits per heavy atom. The summed E-state index contributed by atoms with van der Waals surface area (Å²) in [5, 5.41) is 10.0. The number of halogens is 1. The Morgan fingerprint density at radius 3 is 2.25 bits per heavy atom. The lowest BCUT2D eigenvalue weighted by Gasteiger charge is -2.07. The van der Waals surface area contributed by atoms with Crippen molar-refractivity contribution in [2.75, 3.05) is 0 Å². The van der Waals surface area contributed by atoms with Crippen LogP contribution in [0.15, 0.2) is 35.2 Å². The zero-order chi connectivity index (χ0) is 11.9. The monoisotopic (exact) mass is 258 g/mol. The van der Waals surface area contributed by atoms with E-state index in [9.17, 15) is 13.5 Å². The second-order valence-corrected chi connectivity index (χ2v) is 5.02. The van der Waals surface area contributed by atoms with Gasteiger partial charge in [0.2, 0.25) is 0 Å². The molecule has 0 radical (unpaired) electrons. The number of hydrogen-bond donors (Lipinski definition) is 2. The highest BCUT2D eigenvalue weighted by atomic mass is 35.5. The predicted molar refractivity (Wildman–Crippen MR) is 60.4 cm³/mol. The molecular weight excluding hydrogens is 252 g/mol. The van der Waals surface area contributed by atoms with Crippen LogP contribution in [0.3, 0.4) is 0 Å². The number of benzene rings is 2. The maximum absolute atomic E-state index is 11.1. The summed E-state index contributed by atoms with van der Waals surface area (Å²) in [6.45, 7) is 0. The molecule has 0 saturated carbocycles. The summed E-state index contributed by atoms with van der Waals surface area (Å²) in [7, 11) is -4.36. The van der Waals surface area contributed by atoms with Gasteiger partial charge in [-0.25, -0.2) is 0 Å². The molecule has 2 aromatic rings. The molecule has 0 amide bonds. The molecule has 6 heteroatoms. The van der Waals surface area contributed by atoms with Crippen molar-refractivity contribution in [1.82, 2.24) is 0 Å². The molecule has 16 heavy (non-hydrogen) atoms. The first-order valence-electron chi connectivity index (χ1n) is 4.29. The van der Waals surface area contributed by atoms with Crippen molar-refractivity contribution < 1.29 is 18.1 Å². The first-order valence-corrected chi connectivity index (χ1v) is 6.11. The molecule has 0 atom stereocenters. The molecular formula is C10H7ClO4S. The largest absolute Gasteiger partial charge is 0.506 e. The third-order valence-electron chi connectivity index (χ3n) is 2.21. The summed E-state index contributed by atoms with van der Waals surface area (Å²) >= 11 is 5.67. The van der Waals surface area contributed by atoms with Crippen molar-refractivity contribution >= 4 is 32.5 Å². The van der Waals surface area contributed by atoms with E-state index in [1.54, 1.807) is 12.1 Å². The lowest BCUT2D eigenvalue weighted by Crippen LogP contribution is -1.99. The molecule has 0 spiro atoms. The van der Waals surface area contributed by atoms with Crippen LogP contribution in [-0.4, -0.2) is 18.1 Å². The minimum absolute atomic E-state index is 0.119. The van der Waals surface area contributed by atoms with Gasteiger partial charge in [-0.1, -0.05) is 35.9 Å². The number of hydrogen-bond acceptors (Lipinski definition) is 3. The van der Waals surface area contributed by atoms with E-state index < -0.39 is 10.1 Å². The van der Waals surface area contributed by atoms with E-state index in [1.807, 2.05) is 0 Å². The van der Waals surface area contributed by atoms with E-state index in [0.717, 1.165) is 6.07 Å². The van der Waals surface area contributed by atoms with E-state index >= 15 is 0 Å². The molecule has 2 N–H and O–H groups in total. The van der Waals surface area contributed by atoms with E-state index in [0.29, 0.717) is 0 Å². The second kappa shape index (κ2) is 3.62.